The van der Waals surface area contributed by atoms with Gasteiger partial charge in [0, 0.05) is 4.47 Å². The van der Waals surface area contributed by atoms with Gasteiger partial charge in [0.1, 0.15) is 0 Å². The predicted molar refractivity (Wildman–Crippen MR) is 71.0 cm³/mol. The standard InChI is InChI=1S/C12H15BrClNO/c13-8-5-6-10(9(14)7-8)15-11-3-1-2-4-12(11)16/h5-7,11-12,15-16H,1-4H2. The zero-order valence-electron chi connectivity index (χ0n) is 8.92. The summed E-state index contributed by atoms with van der Waals surface area (Å²) in [5.74, 6) is 0. The summed E-state index contributed by atoms with van der Waals surface area (Å²) in [6.45, 7) is 0. The molecule has 0 heterocycles. The second kappa shape index (κ2) is 5.39. The van der Waals surface area contributed by atoms with Crippen LogP contribution in [-0.2, 0) is 0 Å². The van der Waals surface area contributed by atoms with E-state index in [2.05, 4.69) is 21.2 Å². The average molecular weight is 305 g/mol. The Bertz CT molecular complexity index is 372. The van der Waals surface area contributed by atoms with Gasteiger partial charge in [0.2, 0.25) is 0 Å². The molecule has 0 aliphatic heterocycles. The number of aliphatic hydroxyl groups is 1. The first-order chi connectivity index (χ1) is 7.66. The highest BCUT2D eigenvalue weighted by atomic mass is 79.9. The van der Waals surface area contributed by atoms with Gasteiger partial charge in [0.25, 0.3) is 0 Å². The Kier molecular flexibility index (Phi) is 4.11. The molecule has 1 fully saturated rings. The largest absolute Gasteiger partial charge is 0.391 e. The summed E-state index contributed by atoms with van der Waals surface area (Å²) < 4.78 is 0.965. The molecule has 0 aromatic heterocycles. The minimum Gasteiger partial charge on any atom is -0.391 e. The second-order valence-electron chi connectivity index (χ2n) is 4.23. The topological polar surface area (TPSA) is 32.3 Å². The Morgan fingerprint density at radius 1 is 1.31 bits per heavy atom. The van der Waals surface area contributed by atoms with E-state index in [0.29, 0.717) is 5.02 Å². The molecule has 1 aliphatic rings. The summed E-state index contributed by atoms with van der Waals surface area (Å²) in [5, 5.41) is 13.9. The van der Waals surface area contributed by atoms with Gasteiger partial charge in [-0.05, 0) is 31.0 Å². The second-order valence-corrected chi connectivity index (χ2v) is 5.55. The van der Waals surface area contributed by atoms with Crippen molar-refractivity contribution in [3.63, 3.8) is 0 Å². The lowest BCUT2D eigenvalue weighted by Gasteiger charge is -2.29. The summed E-state index contributed by atoms with van der Waals surface area (Å²) in [4.78, 5) is 0. The fraction of sp³-hybridized carbons (Fsp3) is 0.500. The molecule has 1 saturated carbocycles. The highest BCUT2D eigenvalue weighted by Crippen LogP contribution is 2.29. The fourth-order valence-corrected chi connectivity index (χ4v) is 2.81. The summed E-state index contributed by atoms with van der Waals surface area (Å²) in [7, 11) is 0. The smallest absolute Gasteiger partial charge is 0.0741 e. The van der Waals surface area contributed by atoms with Gasteiger partial charge < -0.3 is 10.4 Å². The number of anilines is 1. The van der Waals surface area contributed by atoms with Gasteiger partial charge in [-0.2, -0.15) is 0 Å². The summed E-state index contributed by atoms with van der Waals surface area (Å²) >= 11 is 9.49. The average Bonchev–Trinajstić information content (AvgIpc) is 2.25. The van der Waals surface area contributed by atoms with E-state index in [1.807, 2.05) is 18.2 Å². The van der Waals surface area contributed by atoms with Gasteiger partial charge in [-0.25, -0.2) is 0 Å². The first-order valence-electron chi connectivity index (χ1n) is 5.56. The van der Waals surface area contributed by atoms with Crippen molar-refractivity contribution >= 4 is 33.2 Å². The zero-order valence-corrected chi connectivity index (χ0v) is 11.3. The number of halogens is 2. The Balaban J connectivity index is 2.07. The van der Waals surface area contributed by atoms with Gasteiger partial charge in [0.05, 0.1) is 22.9 Å². The monoisotopic (exact) mass is 303 g/mol. The molecule has 1 aromatic carbocycles. The van der Waals surface area contributed by atoms with Crippen LogP contribution in [0.25, 0.3) is 0 Å². The molecule has 2 N–H and O–H groups in total. The van der Waals surface area contributed by atoms with Crippen molar-refractivity contribution in [2.24, 2.45) is 0 Å². The Hall–Kier alpha value is -0.250. The van der Waals surface area contributed by atoms with Crippen LogP contribution in [0.3, 0.4) is 0 Å². The third-order valence-corrected chi connectivity index (χ3v) is 3.81. The van der Waals surface area contributed by atoms with E-state index in [9.17, 15) is 5.11 Å². The maximum atomic E-state index is 9.86. The van der Waals surface area contributed by atoms with Crippen LogP contribution in [0.4, 0.5) is 5.69 Å². The van der Waals surface area contributed by atoms with E-state index in [0.717, 1.165) is 29.4 Å². The third kappa shape index (κ3) is 2.90. The zero-order chi connectivity index (χ0) is 11.5. The van der Waals surface area contributed by atoms with Gasteiger partial charge in [-0.1, -0.05) is 40.4 Å². The van der Waals surface area contributed by atoms with Gasteiger partial charge in [-0.15, -0.1) is 0 Å². The van der Waals surface area contributed by atoms with E-state index in [4.69, 9.17) is 11.6 Å². The van der Waals surface area contributed by atoms with E-state index < -0.39 is 0 Å². The van der Waals surface area contributed by atoms with Crippen LogP contribution in [0.15, 0.2) is 22.7 Å². The molecule has 88 valence electrons. The van der Waals surface area contributed by atoms with E-state index in [-0.39, 0.29) is 12.1 Å². The van der Waals surface area contributed by atoms with Crippen molar-refractivity contribution in [1.29, 1.82) is 0 Å². The van der Waals surface area contributed by atoms with Crippen molar-refractivity contribution in [2.45, 2.75) is 37.8 Å². The Labute approximate surface area is 109 Å². The van der Waals surface area contributed by atoms with Crippen LogP contribution in [0.5, 0.6) is 0 Å². The van der Waals surface area contributed by atoms with Crippen LogP contribution in [0.1, 0.15) is 25.7 Å². The number of benzene rings is 1. The first kappa shape index (κ1) is 12.2. The lowest BCUT2D eigenvalue weighted by Crippen LogP contribution is -2.36. The Morgan fingerprint density at radius 2 is 2.06 bits per heavy atom. The molecule has 0 amide bonds. The molecule has 4 heteroatoms. The van der Waals surface area contributed by atoms with Crippen molar-refractivity contribution < 1.29 is 5.11 Å². The highest BCUT2D eigenvalue weighted by molar-refractivity contribution is 9.10. The molecular formula is C12H15BrClNO. The van der Waals surface area contributed by atoms with E-state index in [1.54, 1.807) is 0 Å². The van der Waals surface area contributed by atoms with Crippen LogP contribution in [0.2, 0.25) is 5.02 Å². The molecule has 2 unspecified atom stereocenters. The van der Waals surface area contributed by atoms with Crippen LogP contribution >= 0.6 is 27.5 Å². The molecule has 16 heavy (non-hydrogen) atoms. The number of aliphatic hydroxyl groups excluding tert-OH is 1. The molecule has 0 bridgehead atoms. The SMILES string of the molecule is OC1CCCCC1Nc1ccc(Br)cc1Cl. The minimum absolute atomic E-state index is 0.132. The summed E-state index contributed by atoms with van der Waals surface area (Å²) in [6.07, 6.45) is 3.92. The number of hydrogen-bond donors (Lipinski definition) is 2. The molecular weight excluding hydrogens is 289 g/mol. The van der Waals surface area contributed by atoms with Crippen molar-refractivity contribution in [1.82, 2.24) is 0 Å². The van der Waals surface area contributed by atoms with E-state index >= 15 is 0 Å². The third-order valence-electron chi connectivity index (χ3n) is 3.00. The quantitative estimate of drug-likeness (QED) is 0.870. The minimum atomic E-state index is -0.256. The van der Waals surface area contributed by atoms with Crippen molar-refractivity contribution in [3.05, 3.63) is 27.7 Å². The lowest BCUT2D eigenvalue weighted by atomic mass is 9.92. The predicted octanol–water partition coefficient (Wildman–Crippen LogP) is 3.82. The van der Waals surface area contributed by atoms with Crippen molar-refractivity contribution in [3.8, 4) is 0 Å². The molecule has 1 aromatic rings. The van der Waals surface area contributed by atoms with Gasteiger partial charge in [0.15, 0.2) is 0 Å². The van der Waals surface area contributed by atoms with Crippen molar-refractivity contribution in [2.75, 3.05) is 5.32 Å². The summed E-state index contributed by atoms with van der Waals surface area (Å²) in [6, 6.07) is 5.88. The lowest BCUT2D eigenvalue weighted by molar-refractivity contribution is 0.116. The maximum absolute atomic E-state index is 9.86. The van der Waals surface area contributed by atoms with Crippen LogP contribution in [0, 0.1) is 0 Å². The first-order valence-corrected chi connectivity index (χ1v) is 6.73. The maximum Gasteiger partial charge on any atom is 0.0741 e. The molecule has 0 spiro atoms. The summed E-state index contributed by atoms with van der Waals surface area (Å²) in [5.41, 5.74) is 0.899. The Morgan fingerprint density at radius 3 is 2.75 bits per heavy atom. The highest BCUT2D eigenvalue weighted by Gasteiger charge is 2.23. The fourth-order valence-electron chi connectivity index (χ4n) is 2.09. The molecule has 0 radical (unpaired) electrons. The number of rotatable bonds is 2. The van der Waals surface area contributed by atoms with Crippen LogP contribution < -0.4 is 5.32 Å². The van der Waals surface area contributed by atoms with Gasteiger partial charge >= 0.3 is 0 Å². The normalized spacial score (nSPS) is 25.4. The van der Waals surface area contributed by atoms with Crippen LogP contribution in [-0.4, -0.2) is 17.3 Å². The molecule has 0 saturated heterocycles. The number of nitrogens with one attached hydrogen (secondary N) is 1. The molecule has 2 atom stereocenters. The van der Waals surface area contributed by atoms with E-state index in [1.165, 1.54) is 6.42 Å². The van der Waals surface area contributed by atoms with Gasteiger partial charge in [-0.3, -0.25) is 0 Å². The molecule has 2 rings (SSSR count). The molecule has 1 aliphatic carbocycles. The molecule has 2 nitrogen and oxygen atoms in total. The number of hydrogen-bond acceptors (Lipinski definition) is 2.